The molecule has 1 atom stereocenters. The van der Waals surface area contributed by atoms with Crippen molar-refractivity contribution in [2.45, 2.75) is 33.7 Å². The number of nitrogens with one attached hydrogen (secondary N) is 3. The van der Waals surface area contributed by atoms with Crippen LogP contribution >= 0.6 is 0 Å². The largest absolute Gasteiger partial charge is 0.377 e. The first-order valence-corrected chi connectivity index (χ1v) is 9.22. The van der Waals surface area contributed by atoms with Crippen LogP contribution in [0.4, 0.5) is 28.8 Å². The van der Waals surface area contributed by atoms with Gasteiger partial charge in [-0.1, -0.05) is 32.8 Å². The van der Waals surface area contributed by atoms with Gasteiger partial charge in [0.2, 0.25) is 5.95 Å². The summed E-state index contributed by atoms with van der Waals surface area (Å²) in [6.45, 7) is 8.14. The Kier molecular flexibility index (Phi) is 5.37. The van der Waals surface area contributed by atoms with Crippen molar-refractivity contribution in [2.24, 2.45) is 5.41 Å². The van der Waals surface area contributed by atoms with Gasteiger partial charge in [-0.05, 0) is 36.6 Å². The average molecular weight is 389 g/mol. The first-order chi connectivity index (χ1) is 13.7. The van der Waals surface area contributed by atoms with E-state index in [1.165, 1.54) is 0 Å². The summed E-state index contributed by atoms with van der Waals surface area (Å²) in [4.78, 5) is 32.6. The van der Waals surface area contributed by atoms with E-state index < -0.39 is 10.9 Å². The van der Waals surface area contributed by atoms with Gasteiger partial charge in [0.25, 0.3) is 10.9 Å². The van der Waals surface area contributed by atoms with Gasteiger partial charge < -0.3 is 16.0 Å². The standard InChI is InChI=1S/C22H23N5O2/c1-6-14-8-7-9-15(12-14)25-21-23-11-10-16(27-21)26-18-17(19(28)20(18)29)24-13(2)22(3,4)5/h1,7-13,24H,2-5H3,(H2,23,25,26,27)/t13-/m1/s1. The first kappa shape index (κ1) is 20.1. The van der Waals surface area contributed by atoms with Gasteiger partial charge in [0.05, 0.1) is 0 Å². The molecule has 0 aliphatic heterocycles. The van der Waals surface area contributed by atoms with Gasteiger partial charge in [-0.25, -0.2) is 4.98 Å². The molecule has 3 rings (SSSR count). The second kappa shape index (κ2) is 7.76. The summed E-state index contributed by atoms with van der Waals surface area (Å²) in [6, 6.07) is 8.92. The van der Waals surface area contributed by atoms with Crippen LogP contribution in [0.25, 0.3) is 0 Å². The Morgan fingerprint density at radius 2 is 1.79 bits per heavy atom. The second-order valence-corrected chi connectivity index (χ2v) is 7.88. The Labute approximate surface area is 169 Å². The van der Waals surface area contributed by atoms with Crippen LogP contribution in [0, 0.1) is 17.8 Å². The predicted molar refractivity (Wildman–Crippen MR) is 117 cm³/mol. The fourth-order valence-electron chi connectivity index (χ4n) is 2.51. The summed E-state index contributed by atoms with van der Waals surface area (Å²) in [6.07, 6.45) is 6.98. The highest BCUT2D eigenvalue weighted by molar-refractivity contribution is 5.78. The van der Waals surface area contributed by atoms with Crippen LogP contribution in [0.3, 0.4) is 0 Å². The van der Waals surface area contributed by atoms with Crippen LogP contribution in [0.5, 0.6) is 0 Å². The maximum Gasteiger partial charge on any atom is 0.253 e. The number of benzene rings is 1. The number of hydrogen-bond donors (Lipinski definition) is 3. The fraction of sp³-hybridized carbons (Fsp3) is 0.273. The predicted octanol–water partition coefficient (Wildman–Crippen LogP) is 3.39. The van der Waals surface area contributed by atoms with Crippen LogP contribution in [0.15, 0.2) is 46.1 Å². The maximum atomic E-state index is 12.1. The highest BCUT2D eigenvalue weighted by Crippen LogP contribution is 2.26. The molecule has 7 heteroatoms. The Morgan fingerprint density at radius 1 is 1.07 bits per heavy atom. The third-order valence-corrected chi connectivity index (χ3v) is 4.76. The van der Waals surface area contributed by atoms with E-state index in [0.29, 0.717) is 11.8 Å². The van der Waals surface area contributed by atoms with E-state index in [-0.39, 0.29) is 22.8 Å². The van der Waals surface area contributed by atoms with E-state index in [0.717, 1.165) is 11.3 Å². The van der Waals surface area contributed by atoms with Crippen molar-refractivity contribution in [3.8, 4) is 12.3 Å². The molecule has 0 radical (unpaired) electrons. The van der Waals surface area contributed by atoms with Gasteiger partial charge >= 0.3 is 0 Å². The number of nitrogens with zero attached hydrogens (tertiary/aromatic N) is 2. The van der Waals surface area contributed by atoms with Crippen molar-refractivity contribution >= 4 is 28.8 Å². The molecule has 0 fully saturated rings. The Balaban J connectivity index is 1.79. The monoisotopic (exact) mass is 389 g/mol. The fourth-order valence-corrected chi connectivity index (χ4v) is 2.51. The summed E-state index contributed by atoms with van der Waals surface area (Å²) in [5.74, 6) is 3.30. The molecule has 0 saturated carbocycles. The summed E-state index contributed by atoms with van der Waals surface area (Å²) < 4.78 is 0. The minimum atomic E-state index is -0.566. The molecule has 3 aromatic rings. The van der Waals surface area contributed by atoms with E-state index in [1.54, 1.807) is 18.3 Å². The van der Waals surface area contributed by atoms with Gasteiger partial charge in [-0.3, -0.25) is 9.59 Å². The number of hydrogen-bond acceptors (Lipinski definition) is 7. The molecule has 0 saturated heterocycles. The quantitative estimate of drug-likeness (QED) is 0.439. The third-order valence-electron chi connectivity index (χ3n) is 4.76. The maximum absolute atomic E-state index is 12.1. The lowest BCUT2D eigenvalue weighted by molar-refractivity contribution is 0.359. The van der Waals surface area contributed by atoms with Crippen LogP contribution < -0.4 is 26.8 Å². The van der Waals surface area contributed by atoms with Gasteiger partial charge in [-0.15, -0.1) is 6.42 Å². The van der Waals surface area contributed by atoms with E-state index in [2.05, 4.69) is 52.6 Å². The van der Waals surface area contributed by atoms with Crippen LogP contribution in [-0.4, -0.2) is 16.0 Å². The van der Waals surface area contributed by atoms with E-state index in [9.17, 15) is 9.59 Å². The second-order valence-electron chi connectivity index (χ2n) is 7.88. The SMILES string of the molecule is C#Cc1cccc(Nc2nccc(Nc3c(N[C@H](C)C(C)(C)C)c(=O)c3=O)n2)c1. The molecule has 1 heterocycles. The van der Waals surface area contributed by atoms with Gasteiger partial charge in [-0.2, -0.15) is 4.98 Å². The molecule has 7 nitrogen and oxygen atoms in total. The molecule has 148 valence electrons. The molecular weight excluding hydrogens is 366 g/mol. The van der Waals surface area contributed by atoms with Gasteiger partial charge in [0.1, 0.15) is 17.2 Å². The molecule has 0 bridgehead atoms. The molecule has 29 heavy (non-hydrogen) atoms. The molecular formula is C22H23N5O2. The Hall–Kier alpha value is -3.66. The smallest absolute Gasteiger partial charge is 0.253 e. The number of anilines is 5. The summed E-state index contributed by atoms with van der Waals surface area (Å²) in [5.41, 5.74) is 0.809. The van der Waals surface area contributed by atoms with Crippen LogP contribution in [-0.2, 0) is 0 Å². The lowest BCUT2D eigenvalue weighted by Gasteiger charge is -2.30. The Bertz CT molecular complexity index is 1150. The van der Waals surface area contributed by atoms with Crippen LogP contribution in [0.1, 0.15) is 33.3 Å². The van der Waals surface area contributed by atoms with E-state index in [4.69, 9.17) is 6.42 Å². The zero-order valence-corrected chi connectivity index (χ0v) is 16.8. The molecule has 0 aliphatic rings. The summed E-state index contributed by atoms with van der Waals surface area (Å²) in [5, 5.41) is 9.15. The van der Waals surface area contributed by atoms with Crippen molar-refractivity contribution < 1.29 is 0 Å². The van der Waals surface area contributed by atoms with Crippen molar-refractivity contribution in [1.82, 2.24) is 9.97 Å². The van der Waals surface area contributed by atoms with E-state index in [1.807, 2.05) is 25.1 Å². The zero-order valence-electron chi connectivity index (χ0n) is 16.8. The van der Waals surface area contributed by atoms with Gasteiger partial charge in [0.15, 0.2) is 0 Å². The highest BCUT2D eigenvalue weighted by atomic mass is 16.2. The third kappa shape index (κ3) is 4.43. The molecule has 0 amide bonds. The van der Waals surface area contributed by atoms with Gasteiger partial charge in [0, 0.05) is 23.5 Å². The average Bonchev–Trinajstić information content (AvgIpc) is 2.69. The van der Waals surface area contributed by atoms with Crippen molar-refractivity contribution in [3.63, 3.8) is 0 Å². The number of aromatic nitrogens is 2. The number of terminal acetylenes is 1. The van der Waals surface area contributed by atoms with Crippen LogP contribution in [0.2, 0.25) is 0 Å². The molecule has 2 aromatic carbocycles. The minimum absolute atomic E-state index is 0.00240. The lowest BCUT2D eigenvalue weighted by atomic mass is 9.87. The molecule has 0 aliphatic carbocycles. The van der Waals surface area contributed by atoms with Crippen molar-refractivity contribution in [1.29, 1.82) is 0 Å². The lowest BCUT2D eigenvalue weighted by Crippen LogP contribution is -2.41. The summed E-state index contributed by atoms with van der Waals surface area (Å²) >= 11 is 0. The molecule has 1 aromatic heterocycles. The Morgan fingerprint density at radius 3 is 2.48 bits per heavy atom. The molecule has 3 N–H and O–H groups in total. The molecule has 0 unspecified atom stereocenters. The van der Waals surface area contributed by atoms with E-state index >= 15 is 0 Å². The van der Waals surface area contributed by atoms with Crippen molar-refractivity contribution in [3.05, 3.63) is 62.5 Å². The number of rotatable bonds is 6. The normalized spacial score (nSPS) is 12.2. The topological polar surface area (TPSA) is 96.0 Å². The minimum Gasteiger partial charge on any atom is -0.377 e. The molecule has 0 spiro atoms. The summed E-state index contributed by atoms with van der Waals surface area (Å²) in [7, 11) is 0. The zero-order chi connectivity index (χ0) is 21.2. The van der Waals surface area contributed by atoms with Crippen molar-refractivity contribution in [2.75, 3.05) is 16.0 Å². The first-order valence-electron chi connectivity index (χ1n) is 9.22. The highest BCUT2D eigenvalue weighted by Gasteiger charge is 2.27.